The molecule has 1 aliphatic rings. The Morgan fingerprint density at radius 1 is 1.24 bits per heavy atom. The van der Waals surface area contributed by atoms with Gasteiger partial charge in [0.1, 0.15) is 23.1 Å². The molecule has 174 valence electrons. The Kier molecular flexibility index (Phi) is 5.74. The molecule has 3 N–H and O–H groups in total. The second-order valence-electron chi connectivity index (χ2n) is 9.16. The number of aromatic hydroxyl groups is 1. The van der Waals surface area contributed by atoms with E-state index in [4.69, 9.17) is 5.11 Å². The number of halogens is 3. The number of fused-ring (bicyclic) bond motifs is 3. The third-order valence-electron chi connectivity index (χ3n) is 5.95. The van der Waals surface area contributed by atoms with Crippen LogP contribution in [-0.2, 0) is 11.2 Å². The van der Waals surface area contributed by atoms with E-state index < -0.39 is 29.3 Å². The summed E-state index contributed by atoms with van der Waals surface area (Å²) in [7, 11) is 0. The highest BCUT2D eigenvalue weighted by Gasteiger charge is 2.40. The molecule has 1 aromatic heterocycles. The Morgan fingerprint density at radius 3 is 2.52 bits per heavy atom. The molecular weight excluding hydrogens is 433 g/mol. The molecule has 2 heterocycles. The molecule has 0 saturated carbocycles. The van der Waals surface area contributed by atoms with Crippen LogP contribution < -0.4 is 0 Å². The lowest BCUT2D eigenvalue weighted by Crippen LogP contribution is -2.48. The van der Waals surface area contributed by atoms with Crippen LogP contribution >= 0.6 is 0 Å². The molecule has 33 heavy (non-hydrogen) atoms. The lowest BCUT2D eigenvalue weighted by molar-refractivity contribution is -0.131. The zero-order valence-electron chi connectivity index (χ0n) is 18.5. The van der Waals surface area contributed by atoms with E-state index >= 15 is 8.78 Å². The summed E-state index contributed by atoms with van der Waals surface area (Å²) in [6, 6.07) is 5.79. The fourth-order valence-corrected chi connectivity index (χ4v) is 4.66. The topological polar surface area (TPSA) is 76.6 Å². The lowest BCUT2D eigenvalue weighted by Gasteiger charge is -2.43. The minimum Gasteiger partial charge on any atom is -0.508 e. The van der Waals surface area contributed by atoms with Crippen molar-refractivity contribution in [2.75, 3.05) is 6.54 Å². The van der Waals surface area contributed by atoms with Gasteiger partial charge >= 0.3 is 5.97 Å². The van der Waals surface area contributed by atoms with Gasteiger partial charge in [-0.15, -0.1) is 0 Å². The highest BCUT2D eigenvalue weighted by molar-refractivity contribution is 5.87. The maximum Gasteiger partial charge on any atom is 0.328 e. The number of nitrogens with one attached hydrogen (secondary N) is 1. The molecule has 2 atom stereocenters. The molecule has 0 amide bonds. The van der Waals surface area contributed by atoms with E-state index in [2.05, 4.69) is 4.98 Å². The second kappa shape index (κ2) is 8.26. The number of carbonyl (C=O) groups is 1. The Labute approximate surface area is 189 Å². The molecule has 0 fully saturated rings. The van der Waals surface area contributed by atoms with E-state index in [-0.39, 0.29) is 29.5 Å². The Hall–Kier alpha value is -3.26. The van der Waals surface area contributed by atoms with Crippen LogP contribution in [0.1, 0.15) is 49.2 Å². The normalized spacial score (nSPS) is 19.3. The predicted molar refractivity (Wildman–Crippen MR) is 120 cm³/mol. The zero-order chi connectivity index (χ0) is 24.1. The molecule has 0 spiro atoms. The first kappa shape index (κ1) is 22.9. The summed E-state index contributed by atoms with van der Waals surface area (Å²) in [6.45, 7) is 4.66. The molecule has 1 aliphatic heterocycles. The third-order valence-corrected chi connectivity index (χ3v) is 5.95. The number of aromatic nitrogens is 1. The molecule has 0 unspecified atom stereocenters. The number of hydrogen-bond donors (Lipinski definition) is 3. The van der Waals surface area contributed by atoms with Gasteiger partial charge in [0.2, 0.25) is 0 Å². The summed E-state index contributed by atoms with van der Waals surface area (Å²) in [5.74, 6) is -2.86. The fraction of sp³-hybridized carbons (Fsp3) is 0.320. The minimum absolute atomic E-state index is 0.0571. The smallest absolute Gasteiger partial charge is 0.328 e. The molecule has 0 bridgehead atoms. The van der Waals surface area contributed by atoms with Crippen LogP contribution in [0.4, 0.5) is 13.2 Å². The molecule has 2 aromatic carbocycles. The molecule has 0 radical (unpaired) electrons. The van der Waals surface area contributed by atoms with Crippen LogP contribution in [-0.4, -0.2) is 44.3 Å². The van der Waals surface area contributed by atoms with Crippen LogP contribution in [0.2, 0.25) is 0 Å². The van der Waals surface area contributed by atoms with Gasteiger partial charge in [-0.3, -0.25) is 4.90 Å². The van der Waals surface area contributed by atoms with E-state index in [0.717, 1.165) is 35.2 Å². The first-order chi connectivity index (χ1) is 15.4. The van der Waals surface area contributed by atoms with E-state index in [0.29, 0.717) is 17.6 Å². The lowest BCUT2D eigenvalue weighted by atomic mass is 9.87. The second-order valence-corrected chi connectivity index (χ2v) is 9.16. The minimum atomic E-state index is -1.62. The summed E-state index contributed by atoms with van der Waals surface area (Å²) in [5.41, 5.74) is 0.281. The van der Waals surface area contributed by atoms with Crippen molar-refractivity contribution in [2.45, 2.75) is 44.9 Å². The van der Waals surface area contributed by atoms with Gasteiger partial charge < -0.3 is 15.2 Å². The van der Waals surface area contributed by atoms with Crippen molar-refractivity contribution in [3.05, 3.63) is 70.4 Å². The number of nitrogens with zero attached hydrogens (tertiary/aromatic N) is 1. The SMILES string of the molecule is C[C@H]1Cc2c([nH]c3ccc(O)cc23)[C@H](c2c(F)cc(/C=C/C(=O)O)cc2F)N1CC(C)(C)F. The zero-order valence-corrected chi connectivity index (χ0v) is 18.5. The van der Waals surface area contributed by atoms with E-state index in [9.17, 15) is 14.3 Å². The third kappa shape index (κ3) is 4.48. The highest BCUT2D eigenvalue weighted by atomic mass is 19.1. The van der Waals surface area contributed by atoms with Gasteiger partial charge in [0.05, 0.1) is 6.04 Å². The van der Waals surface area contributed by atoms with Crippen LogP contribution in [0, 0.1) is 11.6 Å². The van der Waals surface area contributed by atoms with Gasteiger partial charge in [-0.1, -0.05) is 0 Å². The monoisotopic (exact) mass is 458 g/mol. The highest BCUT2D eigenvalue weighted by Crippen LogP contribution is 2.43. The number of phenols is 1. The van der Waals surface area contributed by atoms with Gasteiger partial charge in [0.15, 0.2) is 0 Å². The number of hydrogen-bond acceptors (Lipinski definition) is 3. The molecule has 8 heteroatoms. The van der Waals surface area contributed by atoms with Crippen molar-refractivity contribution in [3.8, 4) is 5.75 Å². The Morgan fingerprint density at radius 2 is 1.91 bits per heavy atom. The molecule has 3 aromatic rings. The number of phenolic OH excluding ortho intramolecular Hbond substituents is 1. The van der Waals surface area contributed by atoms with Crippen LogP contribution in [0.15, 0.2) is 36.4 Å². The number of benzene rings is 2. The van der Waals surface area contributed by atoms with Gasteiger partial charge in [-0.2, -0.15) is 0 Å². The standard InChI is InChI=1S/C25H25F3N2O3/c1-13-8-17-16-11-15(31)5-6-20(16)29-23(17)24(30(13)12-25(2,3)28)22-18(26)9-14(10-19(22)27)4-7-21(32)33/h4-7,9-11,13,24,29,31H,8,12H2,1-3H3,(H,32,33)/b7-4+/t13-,24-/m0/s1. The summed E-state index contributed by atoms with van der Waals surface area (Å²) < 4.78 is 45.5. The quantitative estimate of drug-likeness (QED) is 0.452. The number of carboxylic acid groups (broad SMARTS) is 1. The van der Waals surface area contributed by atoms with Crippen LogP contribution in [0.25, 0.3) is 17.0 Å². The summed E-state index contributed by atoms with van der Waals surface area (Å²) in [5, 5.41) is 19.5. The van der Waals surface area contributed by atoms with Crippen molar-refractivity contribution in [3.63, 3.8) is 0 Å². The number of aromatic amines is 1. The summed E-state index contributed by atoms with van der Waals surface area (Å²) >= 11 is 0. The number of aliphatic carboxylic acids is 1. The largest absolute Gasteiger partial charge is 0.508 e. The number of carboxylic acids is 1. The van der Waals surface area contributed by atoms with Crippen molar-refractivity contribution in [1.82, 2.24) is 9.88 Å². The van der Waals surface area contributed by atoms with Crippen molar-refractivity contribution >= 4 is 22.9 Å². The van der Waals surface area contributed by atoms with Gasteiger partial charge in [-0.25, -0.2) is 18.0 Å². The van der Waals surface area contributed by atoms with Crippen molar-refractivity contribution in [1.29, 1.82) is 0 Å². The van der Waals surface area contributed by atoms with Gasteiger partial charge in [-0.05, 0) is 74.7 Å². The van der Waals surface area contributed by atoms with Gasteiger partial charge in [0, 0.05) is 40.8 Å². The average molecular weight is 458 g/mol. The van der Waals surface area contributed by atoms with E-state index in [1.165, 1.54) is 19.9 Å². The molecule has 0 aliphatic carbocycles. The molecular formula is C25H25F3N2O3. The molecule has 0 saturated heterocycles. The number of rotatable bonds is 5. The van der Waals surface area contributed by atoms with E-state index in [1.807, 2.05) is 6.92 Å². The first-order valence-corrected chi connectivity index (χ1v) is 10.6. The Balaban J connectivity index is 1.93. The maximum absolute atomic E-state index is 15.4. The molecule has 5 nitrogen and oxygen atoms in total. The maximum atomic E-state index is 15.4. The predicted octanol–water partition coefficient (Wildman–Crippen LogP) is 5.33. The Bertz CT molecular complexity index is 1240. The fourth-order valence-electron chi connectivity index (χ4n) is 4.66. The van der Waals surface area contributed by atoms with Crippen LogP contribution in [0.3, 0.4) is 0 Å². The average Bonchev–Trinajstić information content (AvgIpc) is 3.04. The number of alkyl halides is 1. The van der Waals surface area contributed by atoms with Crippen LogP contribution in [0.5, 0.6) is 5.75 Å². The molecule has 4 rings (SSSR count). The summed E-state index contributed by atoms with van der Waals surface area (Å²) in [6.07, 6.45) is 2.42. The van der Waals surface area contributed by atoms with Gasteiger partial charge in [0.25, 0.3) is 0 Å². The van der Waals surface area contributed by atoms with E-state index in [1.54, 1.807) is 17.0 Å². The van der Waals surface area contributed by atoms with Crippen molar-refractivity contribution < 1.29 is 28.2 Å². The summed E-state index contributed by atoms with van der Waals surface area (Å²) in [4.78, 5) is 15.8. The number of H-pyrrole nitrogens is 1. The van der Waals surface area contributed by atoms with Crippen molar-refractivity contribution in [2.24, 2.45) is 0 Å². The first-order valence-electron chi connectivity index (χ1n) is 10.6.